The van der Waals surface area contributed by atoms with Crippen LogP contribution in [0.1, 0.15) is 47.3 Å². The van der Waals surface area contributed by atoms with Gasteiger partial charge in [-0.3, -0.25) is 4.79 Å². The average Bonchev–Trinajstić information content (AvgIpc) is 3.07. The Morgan fingerprint density at radius 3 is 2.66 bits per heavy atom. The van der Waals surface area contributed by atoms with Gasteiger partial charge in [-0.2, -0.15) is 0 Å². The molecule has 7 heteroatoms. The van der Waals surface area contributed by atoms with Crippen molar-refractivity contribution in [3.63, 3.8) is 0 Å². The molecular weight excluding hydrogens is 418 g/mol. The van der Waals surface area contributed by atoms with E-state index in [9.17, 15) is 13.6 Å². The molecule has 0 saturated carbocycles. The predicted molar refractivity (Wildman–Crippen MR) is 112 cm³/mol. The van der Waals surface area contributed by atoms with Crippen molar-refractivity contribution in [1.29, 1.82) is 0 Å². The van der Waals surface area contributed by atoms with Crippen molar-refractivity contribution >= 4 is 34.5 Å². The summed E-state index contributed by atoms with van der Waals surface area (Å²) in [5, 5.41) is 8.88. The van der Waals surface area contributed by atoms with Crippen molar-refractivity contribution in [2.45, 2.75) is 51.9 Å². The molecule has 2 aromatic rings. The van der Waals surface area contributed by atoms with Crippen LogP contribution in [0.2, 0.25) is 4.34 Å². The van der Waals surface area contributed by atoms with Gasteiger partial charge in [-0.1, -0.05) is 17.7 Å². The molecular formula is C22H23ClF2O3S. The third-order valence-electron chi connectivity index (χ3n) is 5.37. The molecule has 0 bridgehead atoms. The van der Waals surface area contributed by atoms with Crippen molar-refractivity contribution in [2.24, 2.45) is 0 Å². The third kappa shape index (κ3) is 5.37. The van der Waals surface area contributed by atoms with Crippen molar-refractivity contribution in [3.05, 3.63) is 55.7 Å². The predicted octanol–water partition coefficient (Wildman–Crippen LogP) is 6.69. The molecule has 1 N–H and O–H groups in total. The first-order valence-electron chi connectivity index (χ1n) is 9.44. The fourth-order valence-corrected chi connectivity index (χ4v) is 4.75. The molecule has 0 aliphatic heterocycles. The number of carboxylic acid groups (broad SMARTS) is 1. The van der Waals surface area contributed by atoms with Crippen molar-refractivity contribution in [3.8, 4) is 5.75 Å². The lowest BCUT2D eigenvalue weighted by atomic mass is 9.88. The van der Waals surface area contributed by atoms with E-state index in [0.29, 0.717) is 28.5 Å². The fourth-order valence-electron chi connectivity index (χ4n) is 3.59. The molecule has 3 rings (SSSR count). The minimum atomic E-state index is -2.73. The lowest BCUT2D eigenvalue weighted by Gasteiger charge is -2.27. The van der Waals surface area contributed by atoms with E-state index in [4.69, 9.17) is 21.4 Å². The van der Waals surface area contributed by atoms with Crippen LogP contribution in [0.15, 0.2) is 29.8 Å². The highest BCUT2D eigenvalue weighted by molar-refractivity contribution is 7.17. The molecule has 0 radical (unpaired) electrons. The summed E-state index contributed by atoms with van der Waals surface area (Å²) in [5.74, 6) is -2.94. The highest BCUT2D eigenvalue weighted by Gasteiger charge is 2.36. The molecule has 0 amide bonds. The normalized spacial score (nSPS) is 16.2. The number of thiophene rings is 1. The number of hydrogen-bond acceptors (Lipinski definition) is 3. The molecule has 1 aromatic heterocycles. The summed E-state index contributed by atoms with van der Waals surface area (Å²) in [7, 11) is 0. The van der Waals surface area contributed by atoms with Crippen LogP contribution < -0.4 is 4.74 Å². The van der Waals surface area contributed by atoms with Gasteiger partial charge in [0.15, 0.2) is 0 Å². The van der Waals surface area contributed by atoms with Gasteiger partial charge in [-0.05, 0) is 72.7 Å². The SMILES string of the molecule is Cc1c(CCC(=O)O)ccc(OCC2=C(c3ccc(Cl)s3)CCC(F)(F)C2)c1C. The lowest BCUT2D eigenvalue weighted by Crippen LogP contribution is -2.24. The van der Waals surface area contributed by atoms with Gasteiger partial charge in [0.2, 0.25) is 0 Å². The number of benzene rings is 1. The maximum Gasteiger partial charge on any atom is 0.303 e. The smallest absolute Gasteiger partial charge is 0.303 e. The highest BCUT2D eigenvalue weighted by Crippen LogP contribution is 2.43. The average molecular weight is 441 g/mol. The van der Waals surface area contributed by atoms with Gasteiger partial charge in [0.1, 0.15) is 12.4 Å². The van der Waals surface area contributed by atoms with Gasteiger partial charge < -0.3 is 9.84 Å². The van der Waals surface area contributed by atoms with Crippen LogP contribution in [-0.4, -0.2) is 23.6 Å². The number of carbonyl (C=O) groups is 1. The highest BCUT2D eigenvalue weighted by atomic mass is 35.5. The standard InChI is InChI=1S/C22H23ClF2O3S/c1-13-14(2)18(5-3-15(13)4-8-21(26)27)28-12-16-11-22(24,25)10-9-17(16)19-6-7-20(23)29-19/h3,5-7H,4,8-12H2,1-2H3,(H,26,27). The van der Waals surface area contributed by atoms with E-state index in [1.54, 1.807) is 12.1 Å². The number of halogens is 3. The zero-order valence-electron chi connectivity index (χ0n) is 16.4. The number of carboxylic acids is 1. The second kappa shape index (κ2) is 8.84. The Morgan fingerprint density at radius 2 is 2.00 bits per heavy atom. The Balaban J connectivity index is 1.81. The maximum atomic E-state index is 14.1. The van der Waals surface area contributed by atoms with Crippen LogP contribution in [-0.2, 0) is 11.2 Å². The molecule has 0 fully saturated rings. The molecule has 0 atom stereocenters. The lowest BCUT2D eigenvalue weighted by molar-refractivity contribution is -0.136. The van der Waals surface area contributed by atoms with Gasteiger partial charge >= 0.3 is 5.97 Å². The summed E-state index contributed by atoms with van der Waals surface area (Å²) in [5.41, 5.74) is 4.33. The monoisotopic (exact) mass is 440 g/mol. The first-order valence-corrected chi connectivity index (χ1v) is 10.6. The minimum absolute atomic E-state index is 0.0647. The third-order valence-corrected chi connectivity index (χ3v) is 6.66. The van der Waals surface area contributed by atoms with Crippen LogP contribution in [0.4, 0.5) is 8.78 Å². The Morgan fingerprint density at radius 1 is 1.24 bits per heavy atom. The maximum absolute atomic E-state index is 14.1. The second-order valence-corrected chi connectivity index (χ2v) is 9.09. The molecule has 1 heterocycles. The second-order valence-electron chi connectivity index (χ2n) is 7.37. The van der Waals surface area contributed by atoms with Crippen molar-refractivity contribution < 1.29 is 23.4 Å². The molecule has 29 heavy (non-hydrogen) atoms. The summed E-state index contributed by atoms with van der Waals surface area (Å²) >= 11 is 7.43. The summed E-state index contributed by atoms with van der Waals surface area (Å²) in [6, 6.07) is 7.30. The van der Waals surface area contributed by atoms with Crippen LogP contribution in [0.3, 0.4) is 0 Å². The Kier molecular flexibility index (Phi) is 6.64. The van der Waals surface area contributed by atoms with Crippen LogP contribution in [0.5, 0.6) is 5.75 Å². The van der Waals surface area contributed by atoms with E-state index in [2.05, 4.69) is 0 Å². The van der Waals surface area contributed by atoms with Crippen LogP contribution >= 0.6 is 22.9 Å². The van der Waals surface area contributed by atoms with Crippen molar-refractivity contribution in [1.82, 2.24) is 0 Å². The molecule has 1 aliphatic carbocycles. The number of hydrogen-bond donors (Lipinski definition) is 1. The zero-order valence-corrected chi connectivity index (χ0v) is 17.9. The molecule has 3 nitrogen and oxygen atoms in total. The van der Waals surface area contributed by atoms with E-state index >= 15 is 0 Å². The summed E-state index contributed by atoms with van der Waals surface area (Å²) in [4.78, 5) is 11.7. The van der Waals surface area contributed by atoms with Gasteiger partial charge in [-0.25, -0.2) is 8.78 Å². The van der Waals surface area contributed by atoms with Gasteiger partial charge in [0, 0.05) is 24.1 Å². The molecule has 1 aromatic carbocycles. The number of aryl methyl sites for hydroxylation is 1. The Hall–Kier alpha value is -1.92. The molecule has 0 spiro atoms. The number of alkyl halides is 2. The van der Waals surface area contributed by atoms with Gasteiger partial charge in [0.25, 0.3) is 5.92 Å². The van der Waals surface area contributed by atoms with Gasteiger partial charge in [-0.15, -0.1) is 11.3 Å². The molecule has 0 saturated heterocycles. The summed E-state index contributed by atoms with van der Waals surface area (Å²) in [6.07, 6.45) is 0.331. The van der Waals surface area contributed by atoms with Crippen molar-refractivity contribution in [2.75, 3.05) is 6.61 Å². The first-order chi connectivity index (χ1) is 13.7. The number of ether oxygens (including phenoxy) is 1. The fraction of sp³-hybridized carbons (Fsp3) is 0.409. The van der Waals surface area contributed by atoms with E-state index in [1.165, 1.54) is 11.3 Å². The quantitative estimate of drug-likeness (QED) is 0.521. The zero-order chi connectivity index (χ0) is 21.2. The van der Waals surface area contributed by atoms with E-state index < -0.39 is 11.9 Å². The largest absolute Gasteiger partial charge is 0.489 e. The molecule has 1 aliphatic rings. The van der Waals surface area contributed by atoms with Gasteiger partial charge in [0.05, 0.1) is 4.34 Å². The summed E-state index contributed by atoms with van der Waals surface area (Å²) < 4.78 is 34.7. The number of aliphatic carboxylic acids is 1. The number of allylic oxidation sites excluding steroid dienone is 1. The minimum Gasteiger partial charge on any atom is -0.489 e. The molecule has 0 unspecified atom stereocenters. The van der Waals surface area contributed by atoms with Crippen LogP contribution in [0, 0.1) is 13.8 Å². The Bertz CT molecular complexity index is 950. The van der Waals surface area contributed by atoms with E-state index in [-0.39, 0.29) is 25.9 Å². The van der Waals surface area contributed by atoms with E-state index in [0.717, 1.165) is 27.1 Å². The summed E-state index contributed by atoms with van der Waals surface area (Å²) in [6.45, 7) is 3.92. The molecule has 156 valence electrons. The van der Waals surface area contributed by atoms with E-state index in [1.807, 2.05) is 26.0 Å². The number of rotatable bonds is 7. The topological polar surface area (TPSA) is 46.5 Å². The Labute approximate surface area is 178 Å². The van der Waals surface area contributed by atoms with Crippen LogP contribution in [0.25, 0.3) is 5.57 Å². The first kappa shape index (κ1) is 21.8.